The maximum absolute atomic E-state index is 11.7. The van der Waals surface area contributed by atoms with Gasteiger partial charge in [0, 0.05) is 6.04 Å². The summed E-state index contributed by atoms with van der Waals surface area (Å²) in [7, 11) is 4.19. The topological polar surface area (TPSA) is 55.8 Å². The Balaban J connectivity index is 2.65. The fourth-order valence-electron chi connectivity index (χ4n) is 3.52. The van der Waals surface area contributed by atoms with Gasteiger partial charge in [-0.25, -0.2) is 0 Å². The van der Waals surface area contributed by atoms with E-state index >= 15 is 0 Å². The molecule has 0 amide bonds. The number of hydrogen-bond donors (Lipinski definition) is 2. The van der Waals surface area contributed by atoms with Crippen LogP contribution in [-0.2, 0) is 4.79 Å². The molecule has 5 nitrogen and oxygen atoms in total. The minimum Gasteiger partial charge on any atom is -0.480 e. The number of aliphatic carboxylic acids is 1. The van der Waals surface area contributed by atoms with E-state index in [2.05, 4.69) is 36.1 Å². The van der Waals surface area contributed by atoms with Gasteiger partial charge in [-0.3, -0.25) is 4.79 Å². The second-order valence-corrected chi connectivity index (χ2v) is 6.45. The Morgan fingerprint density at radius 3 is 2.57 bits per heavy atom. The second-order valence-electron chi connectivity index (χ2n) is 6.45. The molecule has 2 atom stereocenters. The van der Waals surface area contributed by atoms with E-state index in [0.29, 0.717) is 12.6 Å². The molecule has 0 heterocycles. The van der Waals surface area contributed by atoms with Crippen LogP contribution in [0.2, 0.25) is 0 Å². The van der Waals surface area contributed by atoms with Crippen LogP contribution in [0.25, 0.3) is 0 Å². The van der Waals surface area contributed by atoms with E-state index in [0.717, 1.165) is 51.7 Å². The van der Waals surface area contributed by atoms with E-state index in [1.165, 1.54) is 0 Å². The molecule has 0 saturated heterocycles. The molecule has 0 bridgehead atoms. The van der Waals surface area contributed by atoms with Crippen molar-refractivity contribution in [1.29, 1.82) is 0 Å². The summed E-state index contributed by atoms with van der Waals surface area (Å²) in [6, 6.07) is 0.390. The summed E-state index contributed by atoms with van der Waals surface area (Å²) in [5.41, 5.74) is -0.716. The number of likely N-dealkylation sites (N-methyl/N-ethyl adjacent to an activating group) is 1. The van der Waals surface area contributed by atoms with Gasteiger partial charge in [-0.05, 0) is 72.4 Å². The third kappa shape index (κ3) is 5.24. The third-order valence-corrected chi connectivity index (χ3v) is 4.62. The lowest BCUT2D eigenvalue weighted by Crippen LogP contribution is -2.58. The molecule has 5 heteroatoms. The molecule has 0 aliphatic heterocycles. The molecule has 1 aliphatic carbocycles. The molecule has 0 aromatic rings. The van der Waals surface area contributed by atoms with Crippen molar-refractivity contribution < 1.29 is 9.90 Å². The van der Waals surface area contributed by atoms with Crippen LogP contribution < -0.4 is 5.32 Å². The van der Waals surface area contributed by atoms with Crippen LogP contribution in [0.4, 0.5) is 0 Å². The maximum atomic E-state index is 11.7. The van der Waals surface area contributed by atoms with Gasteiger partial charge in [0.05, 0.1) is 0 Å². The number of hydrogen-bond acceptors (Lipinski definition) is 4. The molecule has 0 spiro atoms. The predicted octanol–water partition coefficient (Wildman–Crippen LogP) is 1.64. The average Bonchev–Trinajstić information content (AvgIpc) is 2.43. The zero-order valence-electron chi connectivity index (χ0n) is 14.2. The van der Waals surface area contributed by atoms with Crippen LogP contribution in [0.3, 0.4) is 0 Å². The summed E-state index contributed by atoms with van der Waals surface area (Å²) in [6.07, 6.45) is 4.73. The van der Waals surface area contributed by atoms with Crippen LogP contribution in [0.1, 0.15) is 46.0 Å². The molecule has 21 heavy (non-hydrogen) atoms. The molecular formula is C16H33N3O2. The Kier molecular flexibility index (Phi) is 7.63. The van der Waals surface area contributed by atoms with E-state index in [1.807, 2.05) is 6.92 Å². The number of carbonyl (C=O) groups is 1. The SMILES string of the molecule is CCNC1(C(=O)O)CCCC(N(CC)CCCN(C)C)C1. The molecule has 0 aromatic heterocycles. The lowest BCUT2D eigenvalue weighted by atomic mass is 9.78. The smallest absolute Gasteiger partial charge is 0.323 e. The highest BCUT2D eigenvalue weighted by atomic mass is 16.4. The average molecular weight is 299 g/mol. The standard InChI is InChI=1S/C16H33N3O2/c1-5-17-16(15(20)21)10-7-9-14(13-16)19(6-2)12-8-11-18(3)4/h14,17H,5-13H2,1-4H3,(H,20,21). The molecule has 0 aromatic carbocycles. The van der Waals surface area contributed by atoms with E-state index in [9.17, 15) is 9.90 Å². The largest absolute Gasteiger partial charge is 0.480 e. The minimum absolute atomic E-state index is 0.390. The first kappa shape index (κ1) is 18.4. The molecular weight excluding hydrogens is 266 g/mol. The van der Waals surface area contributed by atoms with Gasteiger partial charge in [0.1, 0.15) is 5.54 Å². The van der Waals surface area contributed by atoms with E-state index < -0.39 is 11.5 Å². The monoisotopic (exact) mass is 299 g/mol. The van der Waals surface area contributed by atoms with Crippen molar-refractivity contribution in [2.24, 2.45) is 0 Å². The Bertz CT molecular complexity index is 319. The van der Waals surface area contributed by atoms with Gasteiger partial charge < -0.3 is 20.2 Å². The highest BCUT2D eigenvalue weighted by Gasteiger charge is 2.43. The zero-order chi connectivity index (χ0) is 15.9. The first-order valence-corrected chi connectivity index (χ1v) is 8.32. The number of rotatable bonds is 9. The number of nitrogens with one attached hydrogen (secondary N) is 1. The van der Waals surface area contributed by atoms with Gasteiger partial charge in [0.2, 0.25) is 0 Å². The van der Waals surface area contributed by atoms with E-state index in [1.54, 1.807) is 0 Å². The summed E-state index contributed by atoms with van der Waals surface area (Å²) in [6.45, 7) is 8.02. The van der Waals surface area contributed by atoms with Crippen LogP contribution in [-0.4, -0.2) is 72.7 Å². The highest BCUT2D eigenvalue weighted by Crippen LogP contribution is 2.31. The Labute approximate surface area is 129 Å². The summed E-state index contributed by atoms with van der Waals surface area (Å²) in [4.78, 5) is 16.4. The van der Waals surface area contributed by atoms with Crippen molar-refractivity contribution in [3.8, 4) is 0 Å². The zero-order valence-corrected chi connectivity index (χ0v) is 14.2. The first-order chi connectivity index (χ1) is 9.95. The quantitative estimate of drug-likeness (QED) is 0.678. The summed E-state index contributed by atoms with van der Waals surface area (Å²) >= 11 is 0. The molecule has 0 radical (unpaired) electrons. The lowest BCUT2D eigenvalue weighted by molar-refractivity contribution is -0.147. The van der Waals surface area contributed by atoms with Crippen LogP contribution >= 0.6 is 0 Å². The number of nitrogens with zero attached hydrogens (tertiary/aromatic N) is 2. The fraction of sp³-hybridized carbons (Fsp3) is 0.938. The van der Waals surface area contributed by atoms with Crippen molar-refractivity contribution in [3.63, 3.8) is 0 Å². The van der Waals surface area contributed by atoms with Gasteiger partial charge in [-0.15, -0.1) is 0 Å². The molecule has 1 aliphatic rings. The summed E-state index contributed by atoms with van der Waals surface area (Å²) < 4.78 is 0. The maximum Gasteiger partial charge on any atom is 0.323 e. The number of carboxylic acids is 1. The molecule has 1 fully saturated rings. The Morgan fingerprint density at radius 1 is 1.33 bits per heavy atom. The fourth-order valence-corrected chi connectivity index (χ4v) is 3.52. The molecule has 124 valence electrons. The van der Waals surface area contributed by atoms with Gasteiger partial charge in [0.25, 0.3) is 0 Å². The normalized spacial score (nSPS) is 26.5. The van der Waals surface area contributed by atoms with Gasteiger partial charge in [-0.1, -0.05) is 13.8 Å². The van der Waals surface area contributed by atoms with Gasteiger partial charge in [0.15, 0.2) is 0 Å². The second kappa shape index (κ2) is 8.71. The highest BCUT2D eigenvalue weighted by molar-refractivity contribution is 5.79. The van der Waals surface area contributed by atoms with Crippen molar-refractivity contribution in [1.82, 2.24) is 15.1 Å². The van der Waals surface area contributed by atoms with Crippen LogP contribution in [0.15, 0.2) is 0 Å². The van der Waals surface area contributed by atoms with Crippen molar-refractivity contribution in [3.05, 3.63) is 0 Å². The third-order valence-electron chi connectivity index (χ3n) is 4.62. The minimum atomic E-state index is -0.716. The molecule has 2 N–H and O–H groups in total. The first-order valence-electron chi connectivity index (χ1n) is 8.32. The predicted molar refractivity (Wildman–Crippen MR) is 86.7 cm³/mol. The number of carboxylic acid groups (broad SMARTS) is 1. The summed E-state index contributed by atoms with van der Waals surface area (Å²) in [5, 5.41) is 12.9. The van der Waals surface area contributed by atoms with Crippen molar-refractivity contribution in [2.75, 3.05) is 40.3 Å². The molecule has 1 rings (SSSR count). The lowest BCUT2D eigenvalue weighted by Gasteiger charge is -2.42. The van der Waals surface area contributed by atoms with Crippen molar-refractivity contribution in [2.45, 2.75) is 57.5 Å². The van der Waals surface area contributed by atoms with Crippen LogP contribution in [0.5, 0.6) is 0 Å². The van der Waals surface area contributed by atoms with Gasteiger partial charge >= 0.3 is 5.97 Å². The van der Waals surface area contributed by atoms with Crippen molar-refractivity contribution >= 4 is 5.97 Å². The molecule has 1 saturated carbocycles. The molecule has 2 unspecified atom stereocenters. The summed E-state index contributed by atoms with van der Waals surface area (Å²) in [5.74, 6) is -0.682. The Hall–Kier alpha value is -0.650. The van der Waals surface area contributed by atoms with Gasteiger partial charge in [-0.2, -0.15) is 0 Å². The van der Waals surface area contributed by atoms with Crippen LogP contribution in [0, 0.1) is 0 Å². The van der Waals surface area contributed by atoms with E-state index in [-0.39, 0.29) is 0 Å². The Morgan fingerprint density at radius 2 is 2.05 bits per heavy atom. The van der Waals surface area contributed by atoms with E-state index in [4.69, 9.17) is 0 Å².